The fourth-order valence-electron chi connectivity index (χ4n) is 2.80. The number of aromatic nitrogens is 1. The summed E-state index contributed by atoms with van der Waals surface area (Å²) in [6.45, 7) is 4.03. The SMILES string of the molecule is COc1cc(COc2ccc(C(=O)N3CCCC3)cc2)ncc1C. The van der Waals surface area contributed by atoms with E-state index in [1.807, 2.05) is 42.2 Å². The molecule has 2 aromatic rings. The molecule has 0 spiro atoms. The Hall–Kier alpha value is -2.56. The quantitative estimate of drug-likeness (QED) is 0.846. The maximum Gasteiger partial charge on any atom is 0.253 e. The predicted molar refractivity (Wildman–Crippen MR) is 91.4 cm³/mol. The lowest BCUT2D eigenvalue weighted by Crippen LogP contribution is -2.27. The summed E-state index contributed by atoms with van der Waals surface area (Å²) in [7, 11) is 1.64. The van der Waals surface area contributed by atoms with Crippen LogP contribution in [0.15, 0.2) is 36.5 Å². The van der Waals surface area contributed by atoms with Crippen molar-refractivity contribution < 1.29 is 14.3 Å². The van der Waals surface area contributed by atoms with Crippen molar-refractivity contribution in [3.8, 4) is 11.5 Å². The lowest BCUT2D eigenvalue weighted by molar-refractivity contribution is 0.0793. The Morgan fingerprint density at radius 1 is 1.21 bits per heavy atom. The number of ether oxygens (including phenoxy) is 2. The molecule has 0 atom stereocenters. The van der Waals surface area contributed by atoms with Crippen molar-refractivity contribution in [1.82, 2.24) is 9.88 Å². The molecule has 0 aliphatic carbocycles. The Balaban J connectivity index is 1.61. The predicted octanol–water partition coefficient (Wildman–Crippen LogP) is 3.21. The molecule has 1 aliphatic rings. The van der Waals surface area contributed by atoms with Crippen molar-refractivity contribution in [1.29, 1.82) is 0 Å². The molecule has 0 N–H and O–H groups in total. The van der Waals surface area contributed by atoms with E-state index in [0.717, 1.165) is 42.9 Å². The van der Waals surface area contributed by atoms with Crippen LogP contribution >= 0.6 is 0 Å². The van der Waals surface area contributed by atoms with Gasteiger partial charge in [-0.2, -0.15) is 0 Å². The minimum atomic E-state index is 0.101. The summed E-state index contributed by atoms with van der Waals surface area (Å²) in [5.41, 5.74) is 2.50. The van der Waals surface area contributed by atoms with Crippen LogP contribution in [0.25, 0.3) is 0 Å². The fraction of sp³-hybridized carbons (Fsp3) is 0.368. The molecule has 1 fully saturated rings. The summed E-state index contributed by atoms with van der Waals surface area (Å²) in [6.07, 6.45) is 3.97. The number of amides is 1. The van der Waals surface area contributed by atoms with Crippen LogP contribution in [-0.4, -0.2) is 36.0 Å². The maximum atomic E-state index is 12.3. The maximum absolute atomic E-state index is 12.3. The standard InChI is InChI=1S/C19H22N2O3/c1-14-12-20-16(11-18(14)23-2)13-24-17-7-5-15(6-8-17)19(22)21-9-3-4-10-21/h5-8,11-12H,3-4,9-10,13H2,1-2H3. The number of carbonyl (C=O) groups excluding carboxylic acids is 1. The van der Waals surface area contributed by atoms with E-state index >= 15 is 0 Å². The molecule has 0 saturated carbocycles. The molecule has 5 nitrogen and oxygen atoms in total. The number of aryl methyl sites for hydroxylation is 1. The molecule has 0 radical (unpaired) electrons. The van der Waals surface area contributed by atoms with Gasteiger partial charge in [0.05, 0.1) is 12.8 Å². The van der Waals surface area contributed by atoms with Gasteiger partial charge in [0.25, 0.3) is 5.91 Å². The van der Waals surface area contributed by atoms with Crippen LogP contribution in [0.5, 0.6) is 11.5 Å². The second-order valence-electron chi connectivity index (χ2n) is 5.96. The monoisotopic (exact) mass is 326 g/mol. The number of benzene rings is 1. The van der Waals surface area contributed by atoms with E-state index in [-0.39, 0.29) is 5.91 Å². The minimum Gasteiger partial charge on any atom is -0.496 e. The molecule has 1 aliphatic heterocycles. The number of likely N-dealkylation sites (tertiary alicyclic amines) is 1. The highest BCUT2D eigenvalue weighted by Crippen LogP contribution is 2.20. The summed E-state index contributed by atoms with van der Waals surface area (Å²) < 4.78 is 11.0. The van der Waals surface area contributed by atoms with Crippen molar-refractivity contribution in [2.24, 2.45) is 0 Å². The first kappa shape index (κ1) is 16.3. The summed E-state index contributed by atoms with van der Waals surface area (Å²) >= 11 is 0. The Bertz CT molecular complexity index is 707. The number of hydrogen-bond donors (Lipinski definition) is 0. The van der Waals surface area contributed by atoms with E-state index in [2.05, 4.69) is 4.98 Å². The van der Waals surface area contributed by atoms with Crippen LogP contribution in [-0.2, 0) is 6.61 Å². The van der Waals surface area contributed by atoms with Gasteiger partial charge in [-0.3, -0.25) is 9.78 Å². The van der Waals surface area contributed by atoms with Crippen molar-refractivity contribution >= 4 is 5.91 Å². The largest absolute Gasteiger partial charge is 0.496 e. The first-order valence-corrected chi connectivity index (χ1v) is 8.19. The number of hydrogen-bond acceptors (Lipinski definition) is 4. The number of rotatable bonds is 5. The van der Waals surface area contributed by atoms with E-state index in [9.17, 15) is 4.79 Å². The van der Waals surface area contributed by atoms with Gasteiger partial charge in [-0.15, -0.1) is 0 Å². The molecule has 1 aromatic heterocycles. The number of carbonyl (C=O) groups is 1. The van der Waals surface area contributed by atoms with E-state index in [4.69, 9.17) is 9.47 Å². The van der Waals surface area contributed by atoms with Crippen molar-refractivity contribution in [2.45, 2.75) is 26.4 Å². The van der Waals surface area contributed by atoms with E-state index in [1.165, 1.54) is 0 Å². The average molecular weight is 326 g/mol. The summed E-state index contributed by atoms with van der Waals surface area (Å²) in [5.74, 6) is 1.62. The van der Waals surface area contributed by atoms with Gasteiger partial charge in [0.15, 0.2) is 0 Å². The minimum absolute atomic E-state index is 0.101. The van der Waals surface area contributed by atoms with Crippen LogP contribution < -0.4 is 9.47 Å². The molecule has 1 aromatic carbocycles. The van der Waals surface area contributed by atoms with Crippen LogP contribution in [0.1, 0.15) is 34.5 Å². The summed E-state index contributed by atoms with van der Waals surface area (Å²) in [6, 6.07) is 9.17. The third-order valence-corrected chi connectivity index (χ3v) is 4.21. The third kappa shape index (κ3) is 3.67. The van der Waals surface area contributed by atoms with Crippen LogP contribution in [0, 0.1) is 6.92 Å². The molecule has 126 valence electrons. The zero-order chi connectivity index (χ0) is 16.9. The topological polar surface area (TPSA) is 51.7 Å². The third-order valence-electron chi connectivity index (χ3n) is 4.21. The molecule has 1 amide bonds. The van der Waals surface area contributed by atoms with Gasteiger partial charge in [0.2, 0.25) is 0 Å². The smallest absolute Gasteiger partial charge is 0.253 e. The molecular formula is C19H22N2O3. The van der Waals surface area contributed by atoms with Crippen LogP contribution in [0.4, 0.5) is 0 Å². The average Bonchev–Trinajstić information content (AvgIpc) is 3.15. The van der Waals surface area contributed by atoms with Crippen molar-refractivity contribution in [3.05, 3.63) is 53.3 Å². The number of methoxy groups -OCH3 is 1. The van der Waals surface area contributed by atoms with E-state index in [0.29, 0.717) is 17.9 Å². The lowest BCUT2D eigenvalue weighted by atomic mass is 10.2. The lowest BCUT2D eigenvalue weighted by Gasteiger charge is -2.15. The first-order chi connectivity index (χ1) is 11.7. The normalized spacial score (nSPS) is 13.8. The van der Waals surface area contributed by atoms with Gasteiger partial charge in [-0.1, -0.05) is 0 Å². The molecule has 0 unspecified atom stereocenters. The van der Waals surface area contributed by atoms with Gasteiger partial charge < -0.3 is 14.4 Å². The summed E-state index contributed by atoms with van der Waals surface area (Å²) in [5, 5.41) is 0. The van der Waals surface area contributed by atoms with E-state index < -0.39 is 0 Å². The van der Waals surface area contributed by atoms with Crippen LogP contribution in [0.2, 0.25) is 0 Å². The zero-order valence-electron chi connectivity index (χ0n) is 14.1. The number of pyridine rings is 1. The Morgan fingerprint density at radius 2 is 1.92 bits per heavy atom. The molecule has 5 heteroatoms. The van der Waals surface area contributed by atoms with Gasteiger partial charge >= 0.3 is 0 Å². The second-order valence-corrected chi connectivity index (χ2v) is 5.96. The highest BCUT2D eigenvalue weighted by Gasteiger charge is 2.19. The highest BCUT2D eigenvalue weighted by molar-refractivity contribution is 5.94. The highest BCUT2D eigenvalue weighted by atomic mass is 16.5. The molecule has 24 heavy (non-hydrogen) atoms. The van der Waals surface area contributed by atoms with Gasteiger partial charge in [-0.05, 0) is 44.0 Å². The molecule has 0 bridgehead atoms. The van der Waals surface area contributed by atoms with Gasteiger partial charge in [0.1, 0.15) is 18.1 Å². The zero-order valence-corrected chi connectivity index (χ0v) is 14.1. The molecule has 3 rings (SSSR count). The van der Waals surface area contributed by atoms with Crippen LogP contribution in [0.3, 0.4) is 0 Å². The van der Waals surface area contributed by atoms with Gasteiger partial charge in [-0.25, -0.2) is 0 Å². The molecule has 1 saturated heterocycles. The Morgan fingerprint density at radius 3 is 2.58 bits per heavy atom. The fourth-order valence-corrected chi connectivity index (χ4v) is 2.80. The van der Waals surface area contributed by atoms with Crippen molar-refractivity contribution in [2.75, 3.05) is 20.2 Å². The number of nitrogens with zero attached hydrogens (tertiary/aromatic N) is 2. The Kier molecular flexibility index (Phi) is 4.99. The Labute approximate surface area is 142 Å². The van der Waals surface area contributed by atoms with Crippen molar-refractivity contribution in [3.63, 3.8) is 0 Å². The van der Waals surface area contributed by atoms with Gasteiger partial charge in [0, 0.05) is 36.5 Å². The first-order valence-electron chi connectivity index (χ1n) is 8.19. The molecular weight excluding hydrogens is 304 g/mol. The second kappa shape index (κ2) is 7.34. The molecule has 2 heterocycles. The van der Waals surface area contributed by atoms with E-state index in [1.54, 1.807) is 13.3 Å². The summed E-state index contributed by atoms with van der Waals surface area (Å²) in [4.78, 5) is 18.5.